The normalized spacial score (nSPS) is 22.0. The molecule has 1 aromatic rings. The number of carbonyl (C=O) groups excluding carboxylic acids is 2. The smallest absolute Gasteiger partial charge is 0.352 e. The number of allylic oxidation sites excluding steroid dienone is 1. The number of hydrogen-bond acceptors (Lipinski definition) is 9. The number of nitrogens with two attached hydrogens (primary N) is 1. The number of β-lactam (4-membered cyclic amide) rings is 1. The van der Waals surface area contributed by atoms with E-state index in [4.69, 9.17) is 10.6 Å². The molecule has 12 heteroatoms. The van der Waals surface area contributed by atoms with Crippen LogP contribution in [0.4, 0.5) is 5.13 Å². The lowest BCUT2D eigenvalue weighted by molar-refractivity contribution is -0.150. The van der Waals surface area contributed by atoms with Gasteiger partial charge in [0.25, 0.3) is 11.8 Å². The highest BCUT2D eigenvalue weighted by Gasteiger charge is 2.54. The number of oxime groups is 1. The van der Waals surface area contributed by atoms with Gasteiger partial charge in [-0.15, -0.1) is 11.8 Å². The fraction of sp³-hybridized carbons (Fsp3) is 0.267. The van der Waals surface area contributed by atoms with Gasteiger partial charge in [0.05, 0.1) is 4.88 Å². The van der Waals surface area contributed by atoms with Gasteiger partial charge in [-0.2, -0.15) is 0 Å². The van der Waals surface area contributed by atoms with E-state index in [0.717, 1.165) is 16.2 Å². The number of rotatable bonds is 6. The van der Waals surface area contributed by atoms with Crippen LogP contribution in [0.2, 0.25) is 0 Å². The molecule has 2 atom stereocenters. The van der Waals surface area contributed by atoms with E-state index in [9.17, 15) is 19.5 Å². The highest BCUT2D eigenvalue weighted by Crippen LogP contribution is 2.40. The molecule has 2 aliphatic heterocycles. The highest BCUT2D eigenvalue weighted by molar-refractivity contribution is 8.00. The first-order chi connectivity index (χ1) is 12.9. The standard InChI is InChI=1S/C15H15N5O5S2/c1-3-6-5-26-13-9(12(22)20(13)10(6)14(23)24)18-11(21)8(19-25-2)7-4-17-15(16)27-7/h3-4,9,13H,1,5H2,2H3,(H2,16,17)(H,18,21)(H,23,24)/t9?,13-/m1/s1. The van der Waals surface area contributed by atoms with Crippen LogP contribution in [0.25, 0.3) is 0 Å². The van der Waals surface area contributed by atoms with Crippen molar-refractivity contribution < 1.29 is 24.3 Å². The van der Waals surface area contributed by atoms with Crippen molar-refractivity contribution in [3.63, 3.8) is 0 Å². The average molecular weight is 409 g/mol. The molecular weight excluding hydrogens is 394 g/mol. The maximum Gasteiger partial charge on any atom is 0.352 e. The van der Waals surface area contributed by atoms with Crippen LogP contribution in [0.3, 0.4) is 0 Å². The number of carbonyl (C=O) groups is 3. The van der Waals surface area contributed by atoms with Crippen molar-refractivity contribution in [3.8, 4) is 0 Å². The van der Waals surface area contributed by atoms with Crippen LogP contribution >= 0.6 is 23.1 Å². The van der Waals surface area contributed by atoms with E-state index in [1.165, 1.54) is 31.1 Å². The first-order valence-corrected chi connectivity index (χ1v) is 9.42. The second-order valence-electron chi connectivity index (χ2n) is 5.43. The number of thiazole rings is 1. The van der Waals surface area contributed by atoms with Crippen LogP contribution in [0.1, 0.15) is 4.88 Å². The summed E-state index contributed by atoms with van der Waals surface area (Å²) in [5.41, 5.74) is 5.86. The van der Waals surface area contributed by atoms with E-state index >= 15 is 0 Å². The Balaban J connectivity index is 1.80. The van der Waals surface area contributed by atoms with Crippen molar-refractivity contribution in [2.45, 2.75) is 11.4 Å². The summed E-state index contributed by atoms with van der Waals surface area (Å²) < 4.78 is 0. The molecule has 2 amide bonds. The zero-order valence-corrected chi connectivity index (χ0v) is 15.7. The lowest BCUT2D eigenvalue weighted by atomic mass is 10.0. The molecule has 3 heterocycles. The number of amides is 2. The van der Waals surface area contributed by atoms with Crippen molar-refractivity contribution in [2.24, 2.45) is 5.16 Å². The fourth-order valence-electron chi connectivity index (χ4n) is 2.70. The van der Waals surface area contributed by atoms with E-state index in [1.54, 1.807) is 0 Å². The predicted octanol–water partition coefficient (Wildman–Crippen LogP) is 0.000400. The molecule has 2 aliphatic rings. The van der Waals surface area contributed by atoms with Gasteiger partial charge < -0.3 is 21.0 Å². The number of aliphatic carboxylic acids is 1. The van der Waals surface area contributed by atoms with E-state index < -0.39 is 29.2 Å². The van der Waals surface area contributed by atoms with Crippen molar-refractivity contribution in [2.75, 3.05) is 18.6 Å². The molecule has 0 bridgehead atoms. The summed E-state index contributed by atoms with van der Waals surface area (Å²) in [6.45, 7) is 3.59. The SMILES string of the molecule is C=CC1=C(C(=O)O)N2C(=O)C(NC(=O)C(=NOC)c3cnc(N)s3)[C@H]2SC1. The Morgan fingerprint density at radius 2 is 2.33 bits per heavy atom. The van der Waals surface area contributed by atoms with Crippen LogP contribution in [0.15, 0.2) is 35.3 Å². The summed E-state index contributed by atoms with van der Waals surface area (Å²) in [6.07, 6.45) is 2.80. The fourth-order valence-corrected chi connectivity index (χ4v) is 4.70. The molecule has 4 N–H and O–H groups in total. The Morgan fingerprint density at radius 1 is 1.59 bits per heavy atom. The molecule has 1 unspecified atom stereocenters. The molecular formula is C15H15N5O5S2. The van der Waals surface area contributed by atoms with Gasteiger partial charge >= 0.3 is 5.97 Å². The third-order valence-electron chi connectivity index (χ3n) is 3.89. The van der Waals surface area contributed by atoms with E-state index in [0.29, 0.717) is 16.2 Å². The number of fused-ring (bicyclic) bond motifs is 1. The van der Waals surface area contributed by atoms with Crippen LogP contribution in [-0.2, 0) is 19.2 Å². The average Bonchev–Trinajstić information content (AvgIpc) is 3.08. The van der Waals surface area contributed by atoms with Gasteiger partial charge in [0, 0.05) is 11.9 Å². The zero-order valence-electron chi connectivity index (χ0n) is 14.0. The highest BCUT2D eigenvalue weighted by atomic mass is 32.2. The lowest BCUT2D eigenvalue weighted by Gasteiger charge is -2.49. The summed E-state index contributed by atoms with van der Waals surface area (Å²) in [4.78, 5) is 46.7. The minimum Gasteiger partial charge on any atom is -0.477 e. The van der Waals surface area contributed by atoms with Gasteiger partial charge in [-0.3, -0.25) is 14.5 Å². The van der Waals surface area contributed by atoms with Gasteiger partial charge in [-0.05, 0) is 5.57 Å². The number of hydrogen-bond donors (Lipinski definition) is 3. The monoisotopic (exact) mass is 409 g/mol. The van der Waals surface area contributed by atoms with Gasteiger partial charge in [0.2, 0.25) is 0 Å². The lowest BCUT2D eigenvalue weighted by Crippen LogP contribution is -2.71. The van der Waals surface area contributed by atoms with Crippen molar-refractivity contribution >= 4 is 51.7 Å². The van der Waals surface area contributed by atoms with Crippen molar-refractivity contribution in [3.05, 3.63) is 35.0 Å². The number of carboxylic acids is 1. The second-order valence-corrected chi connectivity index (χ2v) is 7.60. The molecule has 0 radical (unpaired) electrons. The van der Waals surface area contributed by atoms with Crippen LogP contribution in [-0.4, -0.2) is 62.8 Å². The third kappa shape index (κ3) is 3.28. The molecule has 27 heavy (non-hydrogen) atoms. The van der Waals surface area contributed by atoms with E-state index in [1.807, 2.05) is 0 Å². The summed E-state index contributed by atoms with van der Waals surface area (Å²) in [7, 11) is 1.28. The maximum absolute atomic E-state index is 12.6. The number of carboxylic acid groups (broad SMARTS) is 1. The molecule has 3 rings (SSSR count). The summed E-state index contributed by atoms with van der Waals surface area (Å²) >= 11 is 2.39. The molecule has 0 aromatic carbocycles. The van der Waals surface area contributed by atoms with Gasteiger partial charge in [-0.1, -0.05) is 29.1 Å². The summed E-state index contributed by atoms with van der Waals surface area (Å²) in [5, 5.41) is 15.4. The maximum atomic E-state index is 12.6. The molecule has 1 saturated heterocycles. The Bertz CT molecular complexity index is 893. The third-order valence-corrected chi connectivity index (χ3v) is 6.02. The Morgan fingerprint density at radius 3 is 2.89 bits per heavy atom. The topological polar surface area (TPSA) is 147 Å². The molecule has 0 aliphatic carbocycles. The molecule has 0 saturated carbocycles. The van der Waals surface area contributed by atoms with Gasteiger partial charge in [-0.25, -0.2) is 9.78 Å². The molecule has 0 spiro atoms. The van der Waals surface area contributed by atoms with Crippen molar-refractivity contribution in [1.82, 2.24) is 15.2 Å². The predicted molar refractivity (Wildman–Crippen MR) is 100.0 cm³/mol. The van der Waals surface area contributed by atoms with Gasteiger partial charge in [0.1, 0.15) is 24.2 Å². The van der Waals surface area contributed by atoms with Gasteiger partial charge in [0.15, 0.2) is 10.8 Å². The number of nitrogens with one attached hydrogen (secondary N) is 1. The molecule has 1 fully saturated rings. The number of aromatic nitrogens is 1. The largest absolute Gasteiger partial charge is 0.477 e. The summed E-state index contributed by atoms with van der Waals surface area (Å²) in [6, 6.07) is -0.879. The Hall–Kier alpha value is -2.86. The molecule has 142 valence electrons. The second kappa shape index (κ2) is 7.40. The molecule has 1 aromatic heterocycles. The van der Waals surface area contributed by atoms with E-state index in [-0.39, 0.29) is 16.5 Å². The number of thioether (sulfide) groups is 1. The van der Waals surface area contributed by atoms with E-state index in [2.05, 4.69) is 22.0 Å². The minimum absolute atomic E-state index is 0.0699. The number of nitrogens with zero attached hydrogens (tertiary/aromatic N) is 3. The van der Waals surface area contributed by atoms with Crippen molar-refractivity contribution in [1.29, 1.82) is 0 Å². The summed E-state index contributed by atoms with van der Waals surface area (Å²) in [5.74, 6) is -2.00. The first kappa shape index (κ1) is 18.9. The zero-order chi connectivity index (χ0) is 19.7. The van der Waals surface area contributed by atoms with Crippen LogP contribution in [0, 0.1) is 0 Å². The van der Waals surface area contributed by atoms with Crippen LogP contribution < -0.4 is 11.1 Å². The number of anilines is 1. The Labute approximate surface area is 161 Å². The first-order valence-electron chi connectivity index (χ1n) is 7.56. The molecule has 10 nitrogen and oxygen atoms in total. The minimum atomic E-state index is -1.21. The Kier molecular flexibility index (Phi) is 5.19. The number of nitrogen functional groups attached to an aromatic ring is 1. The quantitative estimate of drug-likeness (QED) is 0.338. The van der Waals surface area contributed by atoms with Crippen LogP contribution in [0.5, 0.6) is 0 Å².